The lowest BCUT2D eigenvalue weighted by Crippen LogP contribution is -2.50. The van der Waals surface area contributed by atoms with Crippen LogP contribution in [-0.2, 0) is 4.79 Å². The number of Topliss-reactive ketones (excluding diaryl/α,β-unsaturated/α-hetero) is 1. The second kappa shape index (κ2) is 6.89. The van der Waals surface area contributed by atoms with Crippen molar-refractivity contribution >= 4 is 11.7 Å². The van der Waals surface area contributed by atoms with E-state index in [4.69, 9.17) is 10.00 Å². The van der Waals surface area contributed by atoms with Crippen LogP contribution in [0.2, 0.25) is 0 Å². The molecule has 0 fully saturated rings. The number of benzene rings is 1. The van der Waals surface area contributed by atoms with E-state index >= 15 is 0 Å². The zero-order valence-electron chi connectivity index (χ0n) is 12.8. The van der Waals surface area contributed by atoms with E-state index in [1.165, 1.54) is 6.92 Å². The molecule has 1 rings (SSSR count). The van der Waals surface area contributed by atoms with Crippen molar-refractivity contribution in [2.45, 2.75) is 33.2 Å². The zero-order chi connectivity index (χ0) is 16.0. The van der Waals surface area contributed by atoms with Gasteiger partial charge < -0.3 is 10.1 Å². The molecule has 112 valence electrons. The number of carbonyl (C=O) groups is 2. The van der Waals surface area contributed by atoms with Gasteiger partial charge in [0, 0.05) is 5.56 Å². The van der Waals surface area contributed by atoms with Crippen molar-refractivity contribution in [2.24, 2.45) is 5.92 Å². The first kappa shape index (κ1) is 16.7. The molecule has 1 N–H and O–H groups in total. The maximum atomic E-state index is 11.9. The van der Waals surface area contributed by atoms with Gasteiger partial charge in [-0.25, -0.2) is 0 Å². The molecule has 0 aliphatic heterocycles. The Morgan fingerprint density at radius 2 is 2.10 bits per heavy atom. The van der Waals surface area contributed by atoms with Crippen LogP contribution < -0.4 is 10.1 Å². The van der Waals surface area contributed by atoms with Crippen LogP contribution >= 0.6 is 0 Å². The molecule has 1 aromatic carbocycles. The van der Waals surface area contributed by atoms with Gasteiger partial charge in [-0.05, 0) is 31.9 Å². The van der Waals surface area contributed by atoms with E-state index in [0.717, 1.165) is 0 Å². The van der Waals surface area contributed by atoms with Crippen LogP contribution in [0.1, 0.15) is 38.1 Å². The quantitative estimate of drug-likeness (QED) is 0.815. The lowest BCUT2D eigenvalue weighted by atomic mass is 9.90. The highest BCUT2D eigenvalue weighted by Crippen LogP contribution is 2.16. The second-order valence-electron chi connectivity index (χ2n) is 5.39. The van der Waals surface area contributed by atoms with Crippen molar-refractivity contribution in [2.75, 3.05) is 6.61 Å². The van der Waals surface area contributed by atoms with Crippen LogP contribution in [0, 0.1) is 17.2 Å². The van der Waals surface area contributed by atoms with Crippen LogP contribution in [0.5, 0.6) is 5.75 Å². The number of rotatable bonds is 6. The standard InChI is InChI=1S/C16H20N2O3/c1-11(2)16(4,10-17)18-15(20)9-21-14-7-5-6-13(8-14)12(3)19/h5-8,11H,9H2,1-4H3,(H,18,20)/t16-/m0/s1. The van der Waals surface area contributed by atoms with Gasteiger partial charge in [0.25, 0.3) is 5.91 Å². The molecule has 0 spiro atoms. The zero-order valence-corrected chi connectivity index (χ0v) is 12.8. The Labute approximate surface area is 124 Å². The Hall–Kier alpha value is -2.35. The van der Waals surface area contributed by atoms with Gasteiger partial charge in [0.05, 0.1) is 6.07 Å². The summed E-state index contributed by atoms with van der Waals surface area (Å²) in [6, 6.07) is 8.73. The summed E-state index contributed by atoms with van der Waals surface area (Å²) in [6.45, 7) is 6.66. The molecule has 1 aromatic rings. The molecular formula is C16H20N2O3. The fraction of sp³-hybridized carbons (Fsp3) is 0.438. The van der Waals surface area contributed by atoms with E-state index in [9.17, 15) is 9.59 Å². The predicted octanol–water partition coefficient (Wildman–Crippen LogP) is 2.32. The van der Waals surface area contributed by atoms with Gasteiger partial charge in [0.2, 0.25) is 0 Å². The van der Waals surface area contributed by atoms with Crippen molar-refractivity contribution in [3.05, 3.63) is 29.8 Å². The lowest BCUT2D eigenvalue weighted by molar-refractivity contribution is -0.124. The summed E-state index contributed by atoms with van der Waals surface area (Å²) < 4.78 is 5.36. The van der Waals surface area contributed by atoms with E-state index in [-0.39, 0.29) is 24.2 Å². The minimum Gasteiger partial charge on any atom is -0.484 e. The molecule has 0 aromatic heterocycles. The third kappa shape index (κ3) is 4.60. The van der Waals surface area contributed by atoms with Gasteiger partial charge >= 0.3 is 0 Å². The Balaban J connectivity index is 2.64. The largest absolute Gasteiger partial charge is 0.484 e. The predicted molar refractivity (Wildman–Crippen MR) is 78.9 cm³/mol. The minimum atomic E-state index is -0.929. The molecule has 0 bridgehead atoms. The van der Waals surface area contributed by atoms with E-state index < -0.39 is 5.54 Å². The number of nitriles is 1. The third-order valence-corrected chi connectivity index (χ3v) is 3.40. The average molecular weight is 288 g/mol. The number of amides is 1. The fourth-order valence-electron chi connectivity index (χ4n) is 1.58. The van der Waals surface area contributed by atoms with Crippen molar-refractivity contribution in [1.29, 1.82) is 5.26 Å². The van der Waals surface area contributed by atoms with Crippen LogP contribution in [-0.4, -0.2) is 23.8 Å². The molecule has 0 radical (unpaired) electrons. The fourth-order valence-corrected chi connectivity index (χ4v) is 1.58. The number of hydrogen-bond donors (Lipinski definition) is 1. The summed E-state index contributed by atoms with van der Waals surface area (Å²) in [6.07, 6.45) is 0. The molecule has 0 aliphatic carbocycles. The van der Waals surface area contributed by atoms with E-state index in [0.29, 0.717) is 11.3 Å². The smallest absolute Gasteiger partial charge is 0.259 e. The summed E-state index contributed by atoms with van der Waals surface area (Å²) in [7, 11) is 0. The maximum absolute atomic E-state index is 11.9. The van der Waals surface area contributed by atoms with Gasteiger partial charge in [-0.3, -0.25) is 9.59 Å². The molecule has 5 heteroatoms. The van der Waals surface area contributed by atoms with Crippen molar-refractivity contribution in [3.8, 4) is 11.8 Å². The van der Waals surface area contributed by atoms with E-state index in [1.54, 1.807) is 31.2 Å². The SMILES string of the molecule is CC(=O)c1cccc(OCC(=O)N[C@@](C)(C#N)C(C)C)c1. The number of ether oxygens (including phenoxy) is 1. The van der Waals surface area contributed by atoms with Gasteiger partial charge in [-0.1, -0.05) is 26.0 Å². The first-order valence-corrected chi connectivity index (χ1v) is 6.74. The van der Waals surface area contributed by atoms with Gasteiger partial charge in [-0.2, -0.15) is 5.26 Å². The Kier molecular flexibility index (Phi) is 5.48. The first-order valence-electron chi connectivity index (χ1n) is 6.74. The molecule has 0 heterocycles. The molecule has 1 atom stereocenters. The normalized spacial score (nSPS) is 13.1. The highest BCUT2D eigenvalue weighted by atomic mass is 16.5. The van der Waals surface area contributed by atoms with Crippen LogP contribution in [0.15, 0.2) is 24.3 Å². The topological polar surface area (TPSA) is 79.2 Å². The molecule has 1 amide bonds. The summed E-state index contributed by atoms with van der Waals surface area (Å²) in [5.74, 6) is -0.0173. The lowest BCUT2D eigenvalue weighted by Gasteiger charge is -2.27. The molecule has 21 heavy (non-hydrogen) atoms. The van der Waals surface area contributed by atoms with E-state index in [2.05, 4.69) is 11.4 Å². The first-order chi connectivity index (χ1) is 9.78. The molecule has 0 saturated carbocycles. The number of ketones is 1. The maximum Gasteiger partial charge on any atom is 0.259 e. The highest BCUT2D eigenvalue weighted by molar-refractivity contribution is 5.94. The highest BCUT2D eigenvalue weighted by Gasteiger charge is 2.29. The molecular weight excluding hydrogens is 268 g/mol. The van der Waals surface area contributed by atoms with Crippen LogP contribution in [0.3, 0.4) is 0 Å². The van der Waals surface area contributed by atoms with Crippen molar-refractivity contribution in [3.63, 3.8) is 0 Å². The molecule has 0 unspecified atom stereocenters. The molecule has 0 aliphatic rings. The van der Waals surface area contributed by atoms with Gasteiger partial charge in [0.1, 0.15) is 11.3 Å². The van der Waals surface area contributed by atoms with Crippen LogP contribution in [0.4, 0.5) is 0 Å². The number of nitrogens with one attached hydrogen (secondary N) is 1. The average Bonchev–Trinajstić information content (AvgIpc) is 2.45. The number of hydrogen-bond acceptors (Lipinski definition) is 4. The molecule has 5 nitrogen and oxygen atoms in total. The summed E-state index contributed by atoms with van der Waals surface area (Å²) in [5, 5.41) is 11.8. The minimum absolute atomic E-state index is 0.0208. The Morgan fingerprint density at radius 3 is 2.62 bits per heavy atom. The third-order valence-electron chi connectivity index (χ3n) is 3.40. The van der Waals surface area contributed by atoms with Crippen molar-refractivity contribution in [1.82, 2.24) is 5.32 Å². The Morgan fingerprint density at radius 1 is 1.43 bits per heavy atom. The van der Waals surface area contributed by atoms with Gasteiger partial charge in [0.15, 0.2) is 12.4 Å². The number of nitrogens with zero attached hydrogens (tertiary/aromatic N) is 1. The summed E-state index contributed by atoms with van der Waals surface area (Å²) in [5.41, 5.74) is -0.404. The van der Waals surface area contributed by atoms with Crippen molar-refractivity contribution < 1.29 is 14.3 Å². The van der Waals surface area contributed by atoms with Gasteiger partial charge in [-0.15, -0.1) is 0 Å². The number of carbonyl (C=O) groups excluding carboxylic acids is 2. The van der Waals surface area contributed by atoms with Crippen LogP contribution in [0.25, 0.3) is 0 Å². The Bertz CT molecular complexity index is 575. The summed E-state index contributed by atoms with van der Waals surface area (Å²) >= 11 is 0. The second-order valence-corrected chi connectivity index (χ2v) is 5.39. The molecule has 0 saturated heterocycles. The summed E-state index contributed by atoms with van der Waals surface area (Å²) in [4.78, 5) is 23.1. The van der Waals surface area contributed by atoms with E-state index in [1.807, 2.05) is 13.8 Å². The monoisotopic (exact) mass is 288 g/mol.